The third kappa shape index (κ3) is 2.40. The van der Waals surface area contributed by atoms with Crippen molar-refractivity contribution in [3.63, 3.8) is 0 Å². The van der Waals surface area contributed by atoms with Crippen molar-refractivity contribution >= 4 is 5.82 Å². The van der Waals surface area contributed by atoms with Crippen molar-refractivity contribution in [1.82, 2.24) is 14.9 Å². The average molecular weight is 276 g/mol. The van der Waals surface area contributed by atoms with E-state index < -0.39 is 0 Å². The first-order valence-corrected chi connectivity index (χ1v) is 7.56. The summed E-state index contributed by atoms with van der Waals surface area (Å²) in [5, 5.41) is 0. The smallest absolute Gasteiger partial charge is 0.150 e. The number of rotatable bonds is 2. The minimum Gasteiger partial charge on any atom is -0.384 e. The van der Waals surface area contributed by atoms with E-state index in [9.17, 15) is 0 Å². The highest BCUT2D eigenvalue weighted by molar-refractivity contribution is 5.31. The SMILES string of the molecule is Cc1cc(N)nc([C@]2(C)CCCN2C2CCOCC2)n1. The van der Waals surface area contributed by atoms with Gasteiger partial charge < -0.3 is 10.5 Å². The number of nitrogens with zero attached hydrogens (tertiary/aromatic N) is 3. The van der Waals surface area contributed by atoms with Crippen molar-refractivity contribution < 1.29 is 4.74 Å². The van der Waals surface area contributed by atoms with Crippen LogP contribution in [0.2, 0.25) is 0 Å². The van der Waals surface area contributed by atoms with Crippen molar-refractivity contribution in [3.8, 4) is 0 Å². The van der Waals surface area contributed by atoms with Gasteiger partial charge in [0.2, 0.25) is 0 Å². The van der Waals surface area contributed by atoms with Crippen molar-refractivity contribution in [2.24, 2.45) is 0 Å². The van der Waals surface area contributed by atoms with Crippen LogP contribution in [0.3, 0.4) is 0 Å². The molecule has 0 bridgehead atoms. The number of aryl methyl sites for hydroxylation is 1. The fraction of sp³-hybridized carbons (Fsp3) is 0.733. The van der Waals surface area contributed by atoms with Crippen molar-refractivity contribution in [1.29, 1.82) is 0 Å². The molecule has 0 aromatic carbocycles. The van der Waals surface area contributed by atoms with Crippen molar-refractivity contribution in [2.75, 3.05) is 25.5 Å². The molecule has 2 fully saturated rings. The summed E-state index contributed by atoms with van der Waals surface area (Å²) in [6.45, 7) is 7.11. The number of aromatic nitrogens is 2. The number of likely N-dealkylation sites (tertiary alicyclic amines) is 1. The van der Waals surface area contributed by atoms with Crippen LogP contribution >= 0.6 is 0 Å². The van der Waals surface area contributed by atoms with E-state index in [4.69, 9.17) is 10.5 Å². The second kappa shape index (κ2) is 5.30. The van der Waals surface area contributed by atoms with Crippen LogP contribution in [-0.2, 0) is 10.3 Å². The molecular weight excluding hydrogens is 252 g/mol. The third-order valence-corrected chi connectivity index (χ3v) is 4.68. The summed E-state index contributed by atoms with van der Waals surface area (Å²) in [6, 6.07) is 2.42. The molecule has 20 heavy (non-hydrogen) atoms. The highest BCUT2D eigenvalue weighted by Gasteiger charge is 2.44. The van der Waals surface area contributed by atoms with Crippen molar-refractivity contribution in [3.05, 3.63) is 17.6 Å². The third-order valence-electron chi connectivity index (χ3n) is 4.68. The van der Waals surface area contributed by atoms with E-state index in [2.05, 4.69) is 21.8 Å². The molecule has 5 nitrogen and oxygen atoms in total. The number of nitrogen functional groups attached to an aromatic ring is 1. The van der Waals surface area contributed by atoms with Crippen LogP contribution in [0.4, 0.5) is 5.82 Å². The minimum absolute atomic E-state index is 0.0812. The van der Waals surface area contributed by atoms with Crippen LogP contribution in [0.25, 0.3) is 0 Å². The first kappa shape index (κ1) is 13.8. The molecule has 5 heteroatoms. The summed E-state index contributed by atoms with van der Waals surface area (Å²) >= 11 is 0. The lowest BCUT2D eigenvalue weighted by Crippen LogP contribution is -2.48. The first-order valence-electron chi connectivity index (χ1n) is 7.56. The molecule has 0 spiro atoms. The normalized spacial score (nSPS) is 28.9. The van der Waals surface area contributed by atoms with Crippen LogP contribution in [-0.4, -0.2) is 40.7 Å². The molecule has 2 N–H and O–H groups in total. The molecule has 0 unspecified atom stereocenters. The topological polar surface area (TPSA) is 64.3 Å². The fourth-order valence-corrected chi connectivity index (χ4v) is 3.64. The number of nitrogens with two attached hydrogens (primary N) is 1. The molecule has 2 aliphatic heterocycles. The van der Waals surface area contributed by atoms with Gasteiger partial charge in [0.1, 0.15) is 5.82 Å². The van der Waals surface area contributed by atoms with Gasteiger partial charge in [-0.1, -0.05) is 0 Å². The Morgan fingerprint density at radius 3 is 2.80 bits per heavy atom. The van der Waals surface area contributed by atoms with Crippen LogP contribution in [0.1, 0.15) is 44.1 Å². The second-order valence-corrected chi connectivity index (χ2v) is 6.17. The number of hydrogen-bond acceptors (Lipinski definition) is 5. The molecule has 1 aromatic rings. The van der Waals surface area contributed by atoms with E-state index in [-0.39, 0.29) is 5.54 Å². The van der Waals surface area contributed by atoms with Gasteiger partial charge in [0.25, 0.3) is 0 Å². The van der Waals surface area contributed by atoms with Gasteiger partial charge in [0, 0.05) is 31.0 Å². The van der Waals surface area contributed by atoms with Crippen LogP contribution in [0.5, 0.6) is 0 Å². The molecule has 3 rings (SSSR count). The lowest BCUT2D eigenvalue weighted by molar-refractivity contribution is 0.00201. The summed E-state index contributed by atoms with van der Waals surface area (Å²) in [4.78, 5) is 11.8. The standard InChI is InChI=1S/C15H24N4O/c1-11-10-13(16)18-14(17-11)15(2)6-3-7-19(15)12-4-8-20-9-5-12/h10,12H,3-9H2,1-2H3,(H2,16,17,18)/t15-/m0/s1. The zero-order valence-corrected chi connectivity index (χ0v) is 12.4. The van der Waals surface area contributed by atoms with Gasteiger partial charge >= 0.3 is 0 Å². The van der Waals surface area contributed by atoms with Gasteiger partial charge in [-0.2, -0.15) is 0 Å². The monoisotopic (exact) mass is 276 g/mol. The van der Waals surface area contributed by atoms with E-state index >= 15 is 0 Å². The van der Waals surface area contributed by atoms with Gasteiger partial charge in [-0.05, 0) is 46.1 Å². The Bertz CT molecular complexity index is 467. The maximum atomic E-state index is 5.92. The lowest BCUT2D eigenvalue weighted by atomic mass is 9.94. The Balaban J connectivity index is 1.91. The molecule has 0 radical (unpaired) electrons. The van der Waals surface area contributed by atoms with Gasteiger partial charge in [-0.25, -0.2) is 9.97 Å². The van der Waals surface area contributed by atoms with Gasteiger partial charge in [0.15, 0.2) is 5.82 Å². The molecule has 2 saturated heterocycles. The Morgan fingerprint density at radius 2 is 2.10 bits per heavy atom. The molecular formula is C15H24N4O. The maximum Gasteiger partial charge on any atom is 0.150 e. The number of hydrogen-bond donors (Lipinski definition) is 1. The lowest BCUT2D eigenvalue weighted by Gasteiger charge is -2.41. The van der Waals surface area contributed by atoms with Gasteiger partial charge in [-0.3, -0.25) is 4.90 Å². The quantitative estimate of drug-likeness (QED) is 0.893. The van der Waals surface area contributed by atoms with E-state index in [1.165, 1.54) is 6.42 Å². The van der Waals surface area contributed by atoms with Crippen LogP contribution in [0, 0.1) is 6.92 Å². The molecule has 110 valence electrons. The summed E-state index contributed by atoms with van der Waals surface area (Å²) in [5.41, 5.74) is 6.79. The average Bonchev–Trinajstić information content (AvgIpc) is 2.82. The van der Waals surface area contributed by atoms with E-state index in [1.54, 1.807) is 0 Å². The predicted molar refractivity (Wildman–Crippen MR) is 78.3 cm³/mol. The Kier molecular flexibility index (Phi) is 3.65. The first-order chi connectivity index (χ1) is 9.59. The summed E-state index contributed by atoms with van der Waals surface area (Å²) in [7, 11) is 0. The Morgan fingerprint density at radius 1 is 1.35 bits per heavy atom. The van der Waals surface area contributed by atoms with Gasteiger partial charge in [0.05, 0.1) is 5.54 Å². The van der Waals surface area contributed by atoms with Crippen LogP contribution in [0.15, 0.2) is 6.07 Å². The van der Waals surface area contributed by atoms with Crippen LogP contribution < -0.4 is 5.73 Å². The summed E-state index contributed by atoms with van der Waals surface area (Å²) < 4.78 is 5.49. The van der Waals surface area contributed by atoms with E-state index in [0.717, 1.165) is 50.5 Å². The minimum atomic E-state index is -0.0812. The molecule has 0 amide bonds. The predicted octanol–water partition coefficient (Wildman–Crippen LogP) is 1.86. The maximum absolute atomic E-state index is 5.92. The second-order valence-electron chi connectivity index (χ2n) is 6.17. The van der Waals surface area contributed by atoms with E-state index in [1.807, 2.05) is 13.0 Å². The van der Waals surface area contributed by atoms with Crippen molar-refractivity contribution in [2.45, 2.75) is 51.1 Å². The fourth-order valence-electron chi connectivity index (χ4n) is 3.64. The molecule has 0 saturated carbocycles. The highest BCUT2D eigenvalue weighted by Crippen LogP contribution is 2.40. The zero-order chi connectivity index (χ0) is 14.2. The highest BCUT2D eigenvalue weighted by atomic mass is 16.5. The van der Waals surface area contributed by atoms with E-state index in [0.29, 0.717) is 11.9 Å². The summed E-state index contributed by atoms with van der Waals surface area (Å²) in [5.74, 6) is 1.46. The molecule has 3 heterocycles. The number of anilines is 1. The van der Waals surface area contributed by atoms with Gasteiger partial charge in [-0.15, -0.1) is 0 Å². The zero-order valence-electron chi connectivity index (χ0n) is 12.4. The summed E-state index contributed by atoms with van der Waals surface area (Å²) in [6.07, 6.45) is 4.52. The Labute approximate surface area is 120 Å². The molecule has 0 aliphatic carbocycles. The molecule has 2 aliphatic rings. The molecule has 1 atom stereocenters. The largest absolute Gasteiger partial charge is 0.384 e. The number of ether oxygens (including phenoxy) is 1. The molecule has 1 aromatic heterocycles. The Hall–Kier alpha value is -1.20.